The summed E-state index contributed by atoms with van der Waals surface area (Å²) >= 11 is 0.437. The average Bonchev–Trinajstić information content (AvgIpc) is 2.32. The summed E-state index contributed by atoms with van der Waals surface area (Å²) in [5.41, 5.74) is 1.01. The van der Waals surface area contributed by atoms with Crippen molar-refractivity contribution in [3.05, 3.63) is 35.5 Å². The van der Waals surface area contributed by atoms with Crippen LogP contribution in [-0.4, -0.2) is 31.4 Å². The Bertz CT molecular complexity index is 375. The predicted octanol–water partition coefficient (Wildman–Crippen LogP) is 1.96. The quantitative estimate of drug-likeness (QED) is 0.473. The van der Waals surface area contributed by atoms with Gasteiger partial charge in [0.1, 0.15) is 0 Å². The van der Waals surface area contributed by atoms with E-state index in [0.29, 0.717) is 15.0 Å². The van der Waals surface area contributed by atoms with Crippen LogP contribution in [0.5, 0.6) is 0 Å². The van der Waals surface area contributed by atoms with Crippen molar-refractivity contribution in [2.75, 3.05) is 0 Å². The van der Waals surface area contributed by atoms with Crippen molar-refractivity contribution in [3.8, 4) is 0 Å². The molecule has 16 heavy (non-hydrogen) atoms. The van der Waals surface area contributed by atoms with Gasteiger partial charge >= 0.3 is 103 Å². The fraction of sp³-hybridized carbons (Fsp3) is 0.462. The van der Waals surface area contributed by atoms with Crippen molar-refractivity contribution in [1.82, 2.24) is 0 Å². The Morgan fingerprint density at radius 2 is 2.12 bits per heavy atom. The van der Waals surface area contributed by atoms with Gasteiger partial charge in [0.25, 0.3) is 0 Å². The van der Waals surface area contributed by atoms with Crippen molar-refractivity contribution in [2.24, 2.45) is 0 Å². The van der Waals surface area contributed by atoms with Gasteiger partial charge in [-0.15, -0.1) is 0 Å². The fourth-order valence-corrected chi connectivity index (χ4v) is 4.17. The van der Waals surface area contributed by atoms with E-state index in [1.165, 1.54) is 15.6 Å². The Morgan fingerprint density at radius 1 is 1.38 bits per heavy atom. The molecule has 0 saturated carbocycles. The van der Waals surface area contributed by atoms with Crippen LogP contribution in [0.25, 0.3) is 0 Å². The molecule has 1 aliphatic rings. The molecule has 0 aliphatic carbocycles. The van der Waals surface area contributed by atoms with Gasteiger partial charge in [0.2, 0.25) is 0 Å². The zero-order chi connectivity index (χ0) is 11.4. The van der Waals surface area contributed by atoms with E-state index in [4.69, 9.17) is 0 Å². The molecule has 1 aromatic carbocycles. The molecule has 2 rings (SSSR count). The molecule has 0 bridgehead atoms. The molecule has 2 nitrogen and oxygen atoms in total. The van der Waals surface area contributed by atoms with Gasteiger partial charge in [-0.05, 0) is 0 Å². The van der Waals surface area contributed by atoms with Gasteiger partial charge in [0.05, 0.1) is 0 Å². The zero-order valence-electron chi connectivity index (χ0n) is 9.56. The number of hydrogen-bond acceptors (Lipinski definition) is 1. The minimum atomic E-state index is 0.231. The van der Waals surface area contributed by atoms with Crippen LogP contribution in [-0.2, 0) is 0 Å². The standard InChI is InChI=1S/C13H17NOSe/c1-11-6-5-7-12(14(11)15)10-16-13-8-3-2-4-9-13/h2-4,8-9,12H,5-7,10H2,1H3. The van der Waals surface area contributed by atoms with Crippen LogP contribution in [0.4, 0.5) is 0 Å². The maximum atomic E-state index is 11.8. The summed E-state index contributed by atoms with van der Waals surface area (Å²) in [5, 5.41) is 12.9. The Labute approximate surface area is 103 Å². The van der Waals surface area contributed by atoms with E-state index in [9.17, 15) is 5.21 Å². The van der Waals surface area contributed by atoms with Crippen molar-refractivity contribution < 1.29 is 4.74 Å². The summed E-state index contributed by atoms with van der Waals surface area (Å²) in [4.78, 5) is 0. The number of hydroxylamine groups is 1. The first-order valence-electron chi connectivity index (χ1n) is 5.74. The van der Waals surface area contributed by atoms with E-state index >= 15 is 0 Å². The van der Waals surface area contributed by atoms with Crippen LogP contribution >= 0.6 is 0 Å². The van der Waals surface area contributed by atoms with Gasteiger partial charge in [-0.25, -0.2) is 0 Å². The summed E-state index contributed by atoms with van der Waals surface area (Å²) in [6, 6.07) is 10.7. The molecule has 0 saturated heterocycles. The molecule has 0 amide bonds. The molecule has 1 aromatic rings. The topological polar surface area (TPSA) is 26.1 Å². The van der Waals surface area contributed by atoms with Gasteiger partial charge in [0.15, 0.2) is 0 Å². The molecule has 1 atom stereocenters. The normalized spacial score (nSPS) is 21.2. The summed E-state index contributed by atoms with van der Waals surface area (Å²) in [6.07, 6.45) is 3.23. The molecular weight excluding hydrogens is 265 g/mol. The third kappa shape index (κ3) is 2.87. The summed E-state index contributed by atoms with van der Waals surface area (Å²) < 4.78 is 2.65. The molecule has 0 fully saturated rings. The number of hydrogen-bond donors (Lipinski definition) is 0. The average molecular weight is 282 g/mol. The van der Waals surface area contributed by atoms with Gasteiger partial charge in [0, 0.05) is 0 Å². The zero-order valence-corrected chi connectivity index (χ0v) is 11.3. The first-order valence-corrected chi connectivity index (χ1v) is 7.81. The van der Waals surface area contributed by atoms with E-state index in [1.807, 2.05) is 13.0 Å². The Kier molecular flexibility index (Phi) is 4.03. The van der Waals surface area contributed by atoms with Crippen LogP contribution in [0.3, 0.4) is 0 Å². The minimum absolute atomic E-state index is 0.231. The van der Waals surface area contributed by atoms with Gasteiger partial charge < -0.3 is 0 Å². The molecule has 1 aliphatic heterocycles. The van der Waals surface area contributed by atoms with Crippen molar-refractivity contribution in [1.29, 1.82) is 0 Å². The SMILES string of the molecule is CC1=[N+]([O-])C(C[Se]c2ccccc2)CCC1. The van der Waals surface area contributed by atoms with Crippen LogP contribution in [0.15, 0.2) is 30.3 Å². The molecule has 3 heteroatoms. The van der Waals surface area contributed by atoms with E-state index in [-0.39, 0.29) is 6.04 Å². The number of rotatable bonds is 3. The molecule has 1 heterocycles. The van der Waals surface area contributed by atoms with Crippen LogP contribution in [0.1, 0.15) is 26.2 Å². The molecule has 86 valence electrons. The molecule has 0 aromatic heterocycles. The molecular formula is C13H17NOSe. The molecule has 0 N–H and O–H groups in total. The summed E-state index contributed by atoms with van der Waals surface area (Å²) in [5.74, 6) is 0. The second kappa shape index (κ2) is 5.51. The van der Waals surface area contributed by atoms with Crippen LogP contribution < -0.4 is 4.46 Å². The van der Waals surface area contributed by atoms with E-state index in [0.717, 1.165) is 23.9 Å². The fourth-order valence-electron chi connectivity index (χ4n) is 1.99. The van der Waals surface area contributed by atoms with Crippen molar-refractivity contribution in [3.63, 3.8) is 0 Å². The number of benzene rings is 1. The Hall–Kier alpha value is -0.791. The summed E-state index contributed by atoms with van der Waals surface area (Å²) in [6.45, 7) is 1.97. The Morgan fingerprint density at radius 3 is 2.88 bits per heavy atom. The second-order valence-corrected chi connectivity index (χ2v) is 6.53. The van der Waals surface area contributed by atoms with E-state index < -0.39 is 0 Å². The van der Waals surface area contributed by atoms with Gasteiger partial charge in [-0.2, -0.15) is 0 Å². The predicted molar refractivity (Wildman–Crippen MR) is 68.6 cm³/mol. The summed E-state index contributed by atoms with van der Waals surface area (Å²) in [7, 11) is 0. The molecule has 0 radical (unpaired) electrons. The van der Waals surface area contributed by atoms with Crippen LogP contribution in [0.2, 0.25) is 5.32 Å². The third-order valence-corrected chi connectivity index (χ3v) is 5.40. The second-order valence-electron chi connectivity index (χ2n) is 4.23. The maximum absolute atomic E-state index is 11.8. The van der Waals surface area contributed by atoms with Crippen molar-refractivity contribution >= 4 is 25.1 Å². The van der Waals surface area contributed by atoms with Gasteiger partial charge in [-0.1, -0.05) is 0 Å². The van der Waals surface area contributed by atoms with Crippen LogP contribution in [0, 0.1) is 5.21 Å². The van der Waals surface area contributed by atoms with Gasteiger partial charge in [-0.3, -0.25) is 0 Å². The van der Waals surface area contributed by atoms with Crippen molar-refractivity contribution in [2.45, 2.75) is 37.5 Å². The molecule has 0 spiro atoms. The molecule has 1 unspecified atom stereocenters. The monoisotopic (exact) mass is 283 g/mol. The van der Waals surface area contributed by atoms with E-state index in [1.54, 1.807) is 0 Å². The number of nitrogens with zero attached hydrogens (tertiary/aromatic N) is 1. The first kappa shape index (κ1) is 11.7. The first-order chi connectivity index (χ1) is 7.77. The Balaban J connectivity index is 1.93. The van der Waals surface area contributed by atoms with E-state index in [2.05, 4.69) is 24.3 Å². The third-order valence-electron chi connectivity index (χ3n) is 2.97.